The third-order valence-corrected chi connectivity index (χ3v) is 4.48. The summed E-state index contributed by atoms with van der Waals surface area (Å²) in [4.78, 5) is 29.4. The maximum Gasteiger partial charge on any atom is 0.267 e. The number of aliphatic hydroxyl groups excluding tert-OH is 1. The van der Waals surface area contributed by atoms with Gasteiger partial charge in [-0.25, -0.2) is 4.98 Å². The number of aryl methyl sites for hydroxylation is 1. The van der Waals surface area contributed by atoms with Crippen molar-refractivity contribution in [1.29, 1.82) is 0 Å². The van der Waals surface area contributed by atoms with Crippen molar-refractivity contribution in [2.75, 3.05) is 13.2 Å². The van der Waals surface area contributed by atoms with Crippen LogP contribution in [-0.4, -0.2) is 35.1 Å². The quantitative estimate of drug-likeness (QED) is 0.431. The molecule has 29 heavy (non-hydrogen) atoms. The lowest BCUT2D eigenvalue weighted by Gasteiger charge is -2.11. The zero-order chi connectivity index (χ0) is 20.8. The van der Waals surface area contributed by atoms with Crippen LogP contribution in [0.2, 0.25) is 5.15 Å². The molecule has 0 unspecified atom stereocenters. The Morgan fingerprint density at radius 1 is 1.14 bits per heavy atom. The molecule has 0 atom stereocenters. The smallest absolute Gasteiger partial charge is 0.267 e. The van der Waals surface area contributed by atoms with Crippen LogP contribution >= 0.6 is 11.6 Å². The number of benzene rings is 2. The summed E-state index contributed by atoms with van der Waals surface area (Å²) < 4.78 is 0. The second-order valence-electron chi connectivity index (χ2n) is 6.42. The fraction of sp³-hybridized carbons (Fsp3) is 0.136. The molecular weight excluding hydrogens is 390 g/mol. The molecule has 7 heteroatoms. The molecule has 6 nitrogen and oxygen atoms in total. The van der Waals surface area contributed by atoms with E-state index in [4.69, 9.17) is 16.7 Å². The van der Waals surface area contributed by atoms with Crippen LogP contribution in [0.5, 0.6) is 0 Å². The van der Waals surface area contributed by atoms with Crippen molar-refractivity contribution in [3.05, 3.63) is 82.1 Å². The predicted molar refractivity (Wildman–Crippen MR) is 113 cm³/mol. The van der Waals surface area contributed by atoms with Crippen LogP contribution < -0.4 is 10.6 Å². The van der Waals surface area contributed by atoms with Gasteiger partial charge in [-0.3, -0.25) is 9.59 Å². The SMILES string of the molecule is Cc1ccc2cc(C=C(NC(=O)c3ccccc3)C(=O)NCCO)c(Cl)nc2c1. The van der Waals surface area contributed by atoms with E-state index in [1.807, 2.05) is 25.1 Å². The van der Waals surface area contributed by atoms with Gasteiger partial charge in [-0.1, -0.05) is 41.9 Å². The van der Waals surface area contributed by atoms with Crippen LogP contribution in [0.3, 0.4) is 0 Å². The molecule has 148 valence electrons. The molecule has 0 aliphatic carbocycles. The van der Waals surface area contributed by atoms with Gasteiger partial charge in [0, 0.05) is 23.1 Å². The van der Waals surface area contributed by atoms with E-state index >= 15 is 0 Å². The topological polar surface area (TPSA) is 91.3 Å². The molecule has 0 radical (unpaired) electrons. The van der Waals surface area contributed by atoms with Crippen molar-refractivity contribution in [2.24, 2.45) is 0 Å². The summed E-state index contributed by atoms with van der Waals surface area (Å²) in [6, 6.07) is 16.1. The van der Waals surface area contributed by atoms with Crippen LogP contribution in [0.15, 0.2) is 60.3 Å². The normalized spacial score (nSPS) is 11.3. The van der Waals surface area contributed by atoms with E-state index < -0.39 is 11.8 Å². The van der Waals surface area contributed by atoms with Crippen molar-refractivity contribution >= 4 is 40.4 Å². The van der Waals surface area contributed by atoms with E-state index in [9.17, 15) is 9.59 Å². The first-order valence-corrected chi connectivity index (χ1v) is 9.40. The molecule has 1 heterocycles. The van der Waals surface area contributed by atoms with E-state index in [2.05, 4.69) is 15.6 Å². The number of carbonyl (C=O) groups excluding carboxylic acids is 2. The first-order valence-electron chi connectivity index (χ1n) is 9.02. The van der Waals surface area contributed by atoms with Gasteiger partial charge in [0.1, 0.15) is 10.9 Å². The third kappa shape index (κ3) is 5.19. The molecule has 0 fully saturated rings. The number of nitrogens with zero attached hydrogens (tertiary/aromatic N) is 1. The first-order chi connectivity index (χ1) is 14.0. The van der Waals surface area contributed by atoms with E-state index in [0.29, 0.717) is 11.1 Å². The van der Waals surface area contributed by atoms with Gasteiger partial charge in [0.25, 0.3) is 11.8 Å². The average molecular weight is 410 g/mol. The number of carbonyl (C=O) groups is 2. The fourth-order valence-corrected chi connectivity index (χ4v) is 2.93. The van der Waals surface area contributed by atoms with Crippen molar-refractivity contribution in [3.8, 4) is 0 Å². The number of hydrogen-bond acceptors (Lipinski definition) is 4. The van der Waals surface area contributed by atoms with Crippen LogP contribution in [0, 0.1) is 6.92 Å². The summed E-state index contributed by atoms with van der Waals surface area (Å²) in [6.07, 6.45) is 1.47. The average Bonchev–Trinajstić information content (AvgIpc) is 2.72. The molecule has 2 amide bonds. The van der Waals surface area contributed by atoms with E-state index in [1.54, 1.807) is 36.4 Å². The van der Waals surface area contributed by atoms with E-state index in [0.717, 1.165) is 16.5 Å². The number of aromatic nitrogens is 1. The second kappa shape index (κ2) is 9.32. The first kappa shape index (κ1) is 20.5. The largest absolute Gasteiger partial charge is 0.395 e. The summed E-state index contributed by atoms with van der Waals surface area (Å²) in [5.41, 5.74) is 2.70. The van der Waals surface area contributed by atoms with Crippen LogP contribution in [0.4, 0.5) is 0 Å². The van der Waals surface area contributed by atoms with Gasteiger partial charge in [0.2, 0.25) is 0 Å². The molecule has 1 aromatic heterocycles. The lowest BCUT2D eigenvalue weighted by atomic mass is 10.1. The molecule has 3 N–H and O–H groups in total. The Bertz CT molecular complexity index is 1080. The molecule has 0 spiro atoms. The van der Waals surface area contributed by atoms with Gasteiger partial charge in [0.15, 0.2) is 0 Å². The maximum absolute atomic E-state index is 12.5. The zero-order valence-electron chi connectivity index (χ0n) is 15.8. The minimum Gasteiger partial charge on any atom is -0.395 e. The van der Waals surface area contributed by atoms with Gasteiger partial charge < -0.3 is 15.7 Å². The number of fused-ring (bicyclic) bond motifs is 1. The number of pyridine rings is 1. The van der Waals surface area contributed by atoms with Gasteiger partial charge >= 0.3 is 0 Å². The number of hydrogen-bond donors (Lipinski definition) is 3. The highest BCUT2D eigenvalue weighted by Crippen LogP contribution is 2.23. The van der Waals surface area contributed by atoms with Crippen molar-refractivity contribution in [2.45, 2.75) is 6.92 Å². The number of amides is 2. The number of nitrogens with one attached hydrogen (secondary N) is 2. The van der Waals surface area contributed by atoms with Crippen LogP contribution in [-0.2, 0) is 4.79 Å². The van der Waals surface area contributed by atoms with Gasteiger partial charge in [-0.05, 0) is 42.8 Å². The van der Waals surface area contributed by atoms with Gasteiger partial charge in [-0.2, -0.15) is 0 Å². The predicted octanol–water partition coefficient (Wildman–Crippen LogP) is 3.08. The highest BCUT2D eigenvalue weighted by atomic mass is 35.5. The van der Waals surface area contributed by atoms with Crippen molar-refractivity contribution < 1.29 is 14.7 Å². The van der Waals surface area contributed by atoms with Crippen molar-refractivity contribution in [1.82, 2.24) is 15.6 Å². The monoisotopic (exact) mass is 409 g/mol. The Balaban J connectivity index is 1.98. The second-order valence-corrected chi connectivity index (χ2v) is 6.78. The maximum atomic E-state index is 12.5. The zero-order valence-corrected chi connectivity index (χ0v) is 16.5. The molecule has 3 rings (SSSR count). The molecule has 0 bridgehead atoms. The molecule has 0 saturated heterocycles. The molecule has 0 saturated carbocycles. The lowest BCUT2D eigenvalue weighted by Crippen LogP contribution is -2.36. The van der Waals surface area contributed by atoms with E-state index in [1.165, 1.54) is 6.08 Å². The Morgan fingerprint density at radius 3 is 2.62 bits per heavy atom. The Labute approximate surface area is 173 Å². The van der Waals surface area contributed by atoms with Crippen molar-refractivity contribution in [3.63, 3.8) is 0 Å². The molecule has 0 aliphatic rings. The minimum absolute atomic E-state index is 0.00228. The Morgan fingerprint density at radius 2 is 1.90 bits per heavy atom. The van der Waals surface area contributed by atoms with Gasteiger partial charge in [0.05, 0.1) is 12.1 Å². The molecule has 0 aliphatic heterocycles. The summed E-state index contributed by atoms with van der Waals surface area (Å²) in [7, 11) is 0. The summed E-state index contributed by atoms with van der Waals surface area (Å²) in [6.45, 7) is 1.80. The van der Waals surface area contributed by atoms with E-state index in [-0.39, 0.29) is 24.0 Å². The Kier molecular flexibility index (Phi) is 6.59. The number of rotatable bonds is 6. The summed E-state index contributed by atoms with van der Waals surface area (Å²) >= 11 is 6.32. The van der Waals surface area contributed by atoms with Crippen LogP contribution in [0.1, 0.15) is 21.5 Å². The number of aliphatic hydroxyl groups is 1. The highest BCUT2D eigenvalue weighted by Gasteiger charge is 2.15. The lowest BCUT2D eigenvalue weighted by molar-refractivity contribution is -0.117. The molecule has 3 aromatic rings. The summed E-state index contributed by atoms with van der Waals surface area (Å²) in [5, 5.41) is 15.2. The fourth-order valence-electron chi connectivity index (χ4n) is 2.73. The standard InChI is InChI=1S/C22H20ClN3O3/c1-14-7-8-16-12-17(20(23)25-18(16)11-14)13-19(22(29)24-9-10-27)26-21(28)15-5-3-2-4-6-15/h2-8,11-13,27H,9-10H2,1H3,(H,24,29)(H,26,28). The minimum atomic E-state index is -0.539. The molecule has 2 aromatic carbocycles. The van der Waals surface area contributed by atoms with Gasteiger partial charge in [-0.15, -0.1) is 0 Å². The summed E-state index contributed by atoms with van der Waals surface area (Å²) in [5.74, 6) is -0.972. The number of halogens is 1. The highest BCUT2D eigenvalue weighted by molar-refractivity contribution is 6.31. The third-order valence-electron chi connectivity index (χ3n) is 4.18. The Hall–Kier alpha value is -3.22. The molecular formula is C22H20ClN3O3. The van der Waals surface area contributed by atoms with Crippen LogP contribution in [0.25, 0.3) is 17.0 Å².